The Balaban J connectivity index is 1.29. The van der Waals surface area contributed by atoms with Gasteiger partial charge in [0.25, 0.3) is 0 Å². The number of hydrogen-bond donors (Lipinski definition) is 1. The summed E-state index contributed by atoms with van der Waals surface area (Å²) in [6.45, 7) is 5.85. The van der Waals surface area contributed by atoms with Crippen LogP contribution in [0.1, 0.15) is 45.4 Å². The van der Waals surface area contributed by atoms with Crippen molar-refractivity contribution in [2.45, 2.75) is 51.2 Å². The molecule has 0 spiro atoms. The summed E-state index contributed by atoms with van der Waals surface area (Å²) in [4.78, 5) is 14.6. The van der Waals surface area contributed by atoms with Crippen LogP contribution in [0.5, 0.6) is 0 Å². The Bertz CT molecular complexity index is 430. The largest absolute Gasteiger partial charge is 0.347 e. The second-order valence-electron chi connectivity index (χ2n) is 8.02. The van der Waals surface area contributed by atoms with Crippen LogP contribution in [-0.4, -0.2) is 49.6 Å². The molecule has 1 unspecified atom stereocenters. The maximum Gasteiger partial charge on any atom is 0.317 e. The van der Waals surface area contributed by atoms with E-state index in [4.69, 9.17) is 9.47 Å². The first kappa shape index (κ1) is 15.7. The average Bonchev–Trinajstić information content (AvgIpc) is 3.49. The van der Waals surface area contributed by atoms with Crippen molar-refractivity contribution in [2.24, 2.45) is 23.7 Å². The van der Waals surface area contributed by atoms with Gasteiger partial charge in [-0.2, -0.15) is 0 Å². The Labute approximate surface area is 139 Å². The molecule has 2 heterocycles. The van der Waals surface area contributed by atoms with Crippen LogP contribution in [0.4, 0.5) is 4.79 Å². The quantitative estimate of drug-likeness (QED) is 0.846. The molecule has 5 heteroatoms. The summed E-state index contributed by atoms with van der Waals surface area (Å²) < 4.78 is 11.6. The predicted octanol–water partition coefficient (Wildman–Crippen LogP) is 2.61. The maximum atomic E-state index is 12.6. The first-order chi connectivity index (χ1) is 11.2. The van der Waals surface area contributed by atoms with E-state index in [-0.39, 0.29) is 11.9 Å². The van der Waals surface area contributed by atoms with Gasteiger partial charge in [-0.1, -0.05) is 0 Å². The van der Waals surface area contributed by atoms with Crippen LogP contribution in [0, 0.1) is 23.7 Å². The van der Waals surface area contributed by atoms with Gasteiger partial charge in [0.1, 0.15) is 0 Å². The molecule has 2 amide bonds. The standard InChI is InChI=1S/C18H30N2O3/c1-18(22-9-10-23-18)15-3-2-8-20(12-15)17(21)19-11-16(13-4-5-13)14-6-7-14/h13-16H,2-12H2,1H3,(H,19,21). The number of ether oxygens (including phenoxy) is 2. The number of amides is 2. The molecule has 1 N–H and O–H groups in total. The molecule has 0 radical (unpaired) electrons. The molecule has 4 rings (SSSR count). The summed E-state index contributed by atoms with van der Waals surface area (Å²) in [6.07, 6.45) is 7.60. The molecule has 0 aromatic heterocycles. The van der Waals surface area contributed by atoms with Gasteiger partial charge >= 0.3 is 6.03 Å². The van der Waals surface area contributed by atoms with E-state index in [9.17, 15) is 4.79 Å². The number of carbonyl (C=O) groups excluding carboxylic acids is 1. The average molecular weight is 322 g/mol. The van der Waals surface area contributed by atoms with Crippen molar-refractivity contribution in [2.75, 3.05) is 32.8 Å². The highest BCUT2D eigenvalue weighted by molar-refractivity contribution is 5.74. The molecule has 0 aromatic rings. The minimum atomic E-state index is -0.497. The Hall–Kier alpha value is -0.810. The Morgan fingerprint density at radius 1 is 1.17 bits per heavy atom. The van der Waals surface area contributed by atoms with Gasteiger partial charge in [-0.25, -0.2) is 4.79 Å². The minimum Gasteiger partial charge on any atom is -0.347 e. The van der Waals surface area contributed by atoms with Gasteiger partial charge in [-0.05, 0) is 63.2 Å². The number of nitrogens with one attached hydrogen (secondary N) is 1. The molecular weight excluding hydrogens is 292 g/mol. The third-order valence-corrected chi connectivity index (χ3v) is 6.25. The van der Waals surface area contributed by atoms with E-state index in [1.165, 1.54) is 25.7 Å². The number of urea groups is 1. The van der Waals surface area contributed by atoms with Gasteiger partial charge in [-0.15, -0.1) is 0 Å². The number of rotatable bonds is 5. The first-order valence-corrected chi connectivity index (χ1v) is 9.46. The summed E-state index contributed by atoms with van der Waals surface area (Å²) in [7, 11) is 0. The summed E-state index contributed by atoms with van der Waals surface area (Å²) in [5.41, 5.74) is 0. The van der Waals surface area contributed by atoms with Crippen molar-refractivity contribution >= 4 is 6.03 Å². The SMILES string of the molecule is CC1(C2CCCN(C(=O)NCC(C3CC3)C3CC3)C2)OCCO1. The summed E-state index contributed by atoms with van der Waals surface area (Å²) in [6, 6.07) is 0.114. The van der Waals surface area contributed by atoms with Gasteiger partial charge in [0.2, 0.25) is 0 Å². The third-order valence-electron chi connectivity index (χ3n) is 6.25. The number of piperidine rings is 1. The summed E-state index contributed by atoms with van der Waals surface area (Å²) >= 11 is 0. The zero-order valence-corrected chi connectivity index (χ0v) is 14.3. The lowest BCUT2D eigenvalue weighted by atomic mass is 9.90. The van der Waals surface area contributed by atoms with Crippen molar-refractivity contribution in [1.82, 2.24) is 10.2 Å². The van der Waals surface area contributed by atoms with Crippen molar-refractivity contribution in [1.29, 1.82) is 0 Å². The molecule has 23 heavy (non-hydrogen) atoms. The van der Waals surface area contributed by atoms with E-state index in [2.05, 4.69) is 5.32 Å². The van der Waals surface area contributed by atoms with Crippen molar-refractivity contribution in [3.63, 3.8) is 0 Å². The molecule has 4 aliphatic rings. The molecule has 2 saturated heterocycles. The first-order valence-electron chi connectivity index (χ1n) is 9.46. The Morgan fingerprint density at radius 2 is 1.83 bits per heavy atom. The van der Waals surface area contributed by atoms with E-state index in [1.807, 2.05) is 11.8 Å². The third kappa shape index (κ3) is 3.50. The van der Waals surface area contributed by atoms with E-state index < -0.39 is 5.79 Å². The van der Waals surface area contributed by atoms with Gasteiger partial charge in [0, 0.05) is 25.6 Å². The lowest BCUT2D eigenvalue weighted by Gasteiger charge is -2.40. The van der Waals surface area contributed by atoms with Gasteiger partial charge in [0.05, 0.1) is 13.2 Å². The van der Waals surface area contributed by atoms with Crippen molar-refractivity contribution in [3.8, 4) is 0 Å². The highest BCUT2D eigenvalue weighted by Gasteiger charge is 2.43. The highest BCUT2D eigenvalue weighted by Crippen LogP contribution is 2.48. The molecule has 2 aliphatic heterocycles. The molecule has 2 aliphatic carbocycles. The monoisotopic (exact) mass is 322 g/mol. The van der Waals surface area contributed by atoms with E-state index in [0.717, 1.165) is 50.2 Å². The zero-order chi connectivity index (χ0) is 15.9. The number of nitrogens with zero attached hydrogens (tertiary/aromatic N) is 1. The van der Waals surface area contributed by atoms with Gasteiger partial charge in [0.15, 0.2) is 5.79 Å². The van der Waals surface area contributed by atoms with E-state index >= 15 is 0 Å². The molecule has 1 atom stereocenters. The van der Waals surface area contributed by atoms with Crippen molar-refractivity contribution in [3.05, 3.63) is 0 Å². The molecule has 2 saturated carbocycles. The van der Waals surface area contributed by atoms with Crippen LogP contribution in [-0.2, 0) is 9.47 Å². The molecule has 130 valence electrons. The van der Waals surface area contributed by atoms with Crippen LogP contribution >= 0.6 is 0 Å². The fourth-order valence-electron chi connectivity index (χ4n) is 4.44. The fourth-order valence-corrected chi connectivity index (χ4v) is 4.44. The second kappa shape index (κ2) is 6.25. The highest BCUT2D eigenvalue weighted by atomic mass is 16.7. The fraction of sp³-hybridized carbons (Fsp3) is 0.944. The molecular formula is C18H30N2O3. The number of hydrogen-bond acceptors (Lipinski definition) is 3. The molecule has 0 aromatic carbocycles. The molecule has 5 nitrogen and oxygen atoms in total. The van der Waals surface area contributed by atoms with Crippen LogP contribution in [0.25, 0.3) is 0 Å². The Morgan fingerprint density at radius 3 is 2.43 bits per heavy atom. The molecule has 0 bridgehead atoms. The van der Waals surface area contributed by atoms with Crippen LogP contribution in [0.2, 0.25) is 0 Å². The lowest BCUT2D eigenvalue weighted by molar-refractivity contribution is -0.189. The predicted molar refractivity (Wildman–Crippen MR) is 86.9 cm³/mol. The van der Waals surface area contributed by atoms with Crippen LogP contribution in [0.3, 0.4) is 0 Å². The smallest absolute Gasteiger partial charge is 0.317 e. The second-order valence-corrected chi connectivity index (χ2v) is 8.02. The van der Waals surface area contributed by atoms with E-state index in [1.54, 1.807) is 0 Å². The topological polar surface area (TPSA) is 50.8 Å². The van der Waals surface area contributed by atoms with Crippen LogP contribution in [0.15, 0.2) is 0 Å². The van der Waals surface area contributed by atoms with Crippen LogP contribution < -0.4 is 5.32 Å². The summed E-state index contributed by atoms with van der Waals surface area (Å²) in [5, 5.41) is 3.22. The maximum absolute atomic E-state index is 12.6. The normalized spacial score (nSPS) is 30.7. The van der Waals surface area contributed by atoms with E-state index in [0.29, 0.717) is 13.2 Å². The number of carbonyl (C=O) groups is 1. The number of likely N-dealkylation sites (tertiary alicyclic amines) is 1. The van der Waals surface area contributed by atoms with Crippen molar-refractivity contribution < 1.29 is 14.3 Å². The Kier molecular flexibility index (Phi) is 4.26. The lowest BCUT2D eigenvalue weighted by Crippen LogP contribution is -2.52. The molecule has 4 fully saturated rings. The summed E-state index contributed by atoms with van der Waals surface area (Å²) in [5.74, 6) is 2.29. The van der Waals surface area contributed by atoms with Gasteiger partial charge in [-0.3, -0.25) is 0 Å². The minimum absolute atomic E-state index is 0.114. The van der Waals surface area contributed by atoms with Gasteiger partial charge < -0.3 is 19.7 Å². The zero-order valence-electron chi connectivity index (χ0n) is 14.3.